The minimum atomic E-state index is -0.495. The fourth-order valence-corrected chi connectivity index (χ4v) is 4.14. The Bertz CT molecular complexity index is 963. The summed E-state index contributed by atoms with van der Waals surface area (Å²) in [6, 6.07) is 19.3. The number of carbonyl (C=O) groups excluding carboxylic acids is 2. The minimum Gasteiger partial charge on any atom is -0.457 e. The summed E-state index contributed by atoms with van der Waals surface area (Å²) in [7, 11) is 1.81. The highest BCUT2D eigenvalue weighted by molar-refractivity contribution is 8.03. The summed E-state index contributed by atoms with van der Waals surface area (Å²) in [5, 5.41) is 10.1. The van der Waals surface area contributed by atoms with Crippen LogP contribution in [0.25, 0.3) is 0 Å². The van der Waals surface area contributed by atoms with Gasteiger partial charge in [-0.15, -0.1) is 0 Å². The Morgan fingerprint density at radius 3 is 2.50 bits per heavy atom. The Hall–Kier alpha value is -3.04. The lowest BCUT2D eigenvalue weighted by Crippen LogP contribution is -2.20. The van der Waals surface area contributed by atoms with Crippen molar-refractivity contribution in [3.8, 4) is 6.07 Å². The Kier molecular flexibility index (Phi) is 6.17. The van der Waals surface area contributed by atoms with Crippen molar-refractivity contribution in [3.63, 3.8) is 0 Å². The largest absolute Gasteiger partial charge is 0.457 e. The first kappa shape index (κ1) is 19.7. The highest BCUT2D eigenvalue weighted by Gasteiger charge is 2.28. The van der Waals surface area contributed by atoms with Gasteiger partial charge in [0, 0.05) is 11.9 Å². The second-order valence-corrected chi connectivity index (χ2v) is 7.55. The first-order valence-corrected chi connectivity index (χ1v) is 9.71. The second kappa shape index (κ2) is 8.77. The molecule has 142 valence electrons. The fraction of sp³-hybridized carbons (Fsp3) is 0.227. The summed E-state index contributed by atoms with van der Waals surface area (Å²) in [4.78, 5) is 27.4. The van der Waals surface area contributed by atoms with E-state index in [4.69, 9.17) is 4.74 Å². The number of rotatable bonds is 6. The molecule has 0 bridgehead atoms. The van der Waals surface area contributed by atoms with Gasteiger partial charge in [0.15, 0.2) is 6.61 Å². The molecule has 2 aromatic carbocycles. The van der Waals surface area contributed by atoms with Gasteiger partial charge in [0.05, 0.1) is 12.1 Å². The molecule has 0 aliphatic carbocycles. The zero-order chi connectivity index (χ0) is 20.1. The lowest BCUT2D eigenvalue weighted by molar-refractivity contribution is -0.147. The molecule has 1 heterocycles. The van der Waals surface area contributed by atoms with Gasteiger partial charge in [-0.2, -0.15) is 5.26 Å². The van der Waals surface area contributed by atoms with Crippen LogP contribution in [-0.4, -0.2) is 25.4 Å². The molecule has 1 aliphatic heterocycles. The van der Waals surface area contributed by atoms with Crippen LogP contribution in [0.15, 0.2) is 70.1 Å². The highest BCUT2D eigenvalue weighted by atomic mass is 32.2. The van der Waals surface area contributed by atoms with Crippen molar-refractivity contribution in [2.45, 2.75) is 24.2 Å². The van der Waals surface area contributed by atoms with Crippen LogP contribution in [0.5, 0.6) is 0 Å². The van der Waals surface area contributed by atoms with Crippen LogP contribution in [0.2, 0.25) is 0 Å². The Balaban J connectivity index is 1.62. The van der Waals surface area contributed by atoms with E-state index in [1.54, 1.807) is 0 Å². The number of carbonyl (C=O) groups is 2. The number of hydrogen-bond acceptors (Lipinski definition) is 6. The van der Waals surface area contributed by atoms with Gasteiger partial charge in [0.25, 0.3) is 0 Å². The number of ether oxygens (including phenoxy) is 1. The van der Waals surface area contributed by atoms with E-state index in [0.717, 1.165) is 16.1 Å². The number of nitrogens with zero attached hydrogens (tertiary/aromatic N) is 2. The summed E-state index contributed by atoms with van der Waals surface area (Å²) in [5.74, 6) is -0.961. The molecular formula is C22H20N2O3S. The van der Waals surface area contributed by atoms with Gasteiger partial charge in [0.1, 0.15) is 16.7 Å². The second-order valence-electron chi connectivity index (χ2n) is 6.52. The molecule has 1 aliphatic rings. The molecule has 28 heavy (non-hydrogen) atoms. The number of thioether (sulfide) groups is 1. The zero-order valence-corrected chi connectivity index (χ0v) is 16.5. The third kappa shape index (κ3) is 4.26. The van der Waals surface area contributed by atoms with Crippen molar-refractivity contribution in [3.05, 3.63) is 70.8 Å². The van der Waals surface area contributed by atoms with Gasteiger partial charge in [0.2, 0.25) is 5.78 Å². The molecule has 6 heteroatoms. The van der Waals surface area contributed by atoms with E-state index in [-0.39, 0.29) is 17.9 Å². The average molecular weight is 392 g/mol. The van der Waals surface area contributed by atoms with E-state index in [1.807, 2.05) is 79.5 Å². The molecule has 1 atom stereocenters. The normalized spacial score (nSPS) is 15.4. The zero-order valence-electron chi connectivity index (χ0n) is 15.7. The smallest absolute Gasteiger partial charge is 0.306 e. The maximum Gasteiger partial charge on any atom is 0.306 e. The first-order valence-electron chi connectivity index (χ1n) is 8.90. The van der Waals surface area contributed by atoms with Crippen LogP contribution >= 0.6 is 11.8 Å². The molecule has 3 rings (SSSR count). The van der Waals surface area contributed by atoms with Crippen molar-refractivity contribution in [1.29, 1.82) is 5.26 Å². The molecule has 2 aromatic rings. The fourth-order valence-electron chi connectivity index (χ4n) is 2.98. The summed E-state index contributed by atoms with van der Waals surface area (Å²) in [6.45, 7) is 1.50. The van der Waals surface area contributed by atoms with Gasteiger partial charge < -0.3 is 9.64 Å². The van der Waals surface area contributed by atoms with Gasteiger partial charge in [-0.05, 0) is 23.6 Å². The monoisotopic (exact) mass is 392 g/mol. The van der Waals surface area contributed by atoms with Crippen LogP contribution < -0.4 is 4.90 Å². The van der Waals surface area contributed by atoms with Crippen LogP contribution in [-0.2, 0) is 14.3 Å². The van der Waals surface area contributed by atoms with Gasteiger partial charge in [-0.25, -0.2) is 0 Å². The Morgan fingerprint density at radius 1 is 1.14 bits per heavy atom. The van der Waals surface area contributed by atoms with Crippen molar-refractivity contribution < 1.29 is 14.3 Å². The van der Waals surface area contributed by atoms with Crippen LogP contribution in [0.3, 0.4) is 0 Å². The van der Waals surface area contributed by atoms with Crippen LogP contribution in [0.1, 0.15) is 24.8 Å². The molecule has 0 saturated carbocycles. The molecule has 5 nitrogen and oxygen atoms in total. The van der Waals surface area contributed by atoms with Gasteiger partial charge in [-0.3, -0.25) is 9.59 Å². The topological polar surface area (TPSA) is 70.4 Å². The standard InChI is InChI=1S/C22H20N2O3S/c1-15(16-8-4-3-5-9-16)12-21(26)27-14-19(25)17(13-23)22-24(2)18-10-6-7-11-20(18)28-22/h3-11,15H,12,14H2,1-2H3/b22-17-/t15-/m0/s1. The van der Waals surface area contributed by atoms with Crippen LogP contribution in [0.4, 0.5) is 5.69 Å². The molecule has 0 saturated heterocycles. The molecule has 0 spiro atoms. The van der Waals surface area contributed by atoms with Gasteiger partial charge >= 0.3 is 5.97 Å². The number of fused-ring (bicyclic) bond motifs is 1. The van der Waals surface area contributed by atoms with Crippen molar-refractivity contribution in [1.82, 2.24) is 0 Å². The van der Waals surface area contributed by atoms with Gasteiger partial charge in [-0.1, -0.05) is 61.2 Å². The van der Waals surface area contributed by atoms with Crippen molar-refractivity contribution in [2.24, 2.45) is 0 Å². The number of ketones is 1. The molecule has 0 aromatic heterocycles. The summed E-state index contributed by atoms with van der Waals surface area (Å²) >= 11 is 1.37. The van der Waals surface area contributed by atoms with Crippen molar-refractivity contribution in [2.75, 3.05) is 18.6 Å². The summed E-state index contributed by atoms with van der Waals surface area (Å²) < 4.78 is 5.15. The molecule has 0 radical (unpaired) electrons. The maximum absolute atomic E-state index is 12.5. The first-order chi connectivity index (χ1) is 13.5. The molecular weight excluding hydrogens is 372 g/mol. The molecule has 0 unspecified atom stereocenters. The number of para-hydroxylation sites is 1. The third-order valence-corrected chi connectivity index (χ3v) is 5.78. The number of benzene rings is 2. The van der Waals surface area contributed by atoms with E-state index >= 15 is 0 Å². The SMILES string of the molecule is C[C@@H](CC(=O)OCC(=O)/C(C#N)=C1\Sc2ccccc2N1C)c1ccccc1. The predicted octanol–water partition coefficient (Wildman–Crippen LogP) is 4.27. The van der Waals surface area contributed by atoms with E-state index in [1.165, 1.54) is 11.8 Å². The number of esters is 1. The number of anilines is 1. The predicted molar refractivity (Wildman–Crippen MR) is 109 cm³/mol. The lowest BCUT2D eigenvalue weighted by Gasteiger charge is -2.15. The molecule has 0 N–H and O–H groups in total. The number of nitriles is 1. The molecule has 0 amide bonds. The lowest BCUT2D eigenvalue weighted by atomic mass is 9.98. The van der Waals surface area contributed by atoms with Crippen molar-refractivity contribution >= 4 is 29.2 Å². The Labute approximate surface area is 168 Å². The Morgan fingerprint density at radius 2 is 1.82 bits per heavy atom. The molecule has 0 fully saturated rings. The quantitative estimate of drug-likeness (QED) is 0.415. The number of hydrogen-bond donors (Lipinski definition) is 0. The summed E-state index contributed by atoms with van der Waals surface area (Å²) in [5.41, 5.74) is 1.98. The van der Waals surface area contributed by atoms with E-state index < -0.39 is 18.4 Å². The minimum absolute atomic E-state index is 0.00704. The number of Topliss-reactive ketones (excluding diaryl/α,β-unsaturated/α-hetero) is 1. The van der Waals surface area contributed by atoms with E-state index in [9.17, 15) is 14.9 Å². The van der Waals surface area contributed by atoms with Crippen LogP contribution in [0, 0.1) is 11.3 Å². The highest BCUT2D eigenvalue weighted by Crippen LogP contribution is 2.46. The summed E-state index contributed by atoms with van der Waals surface area (Å²) in [6.07, 6.45) is 0.176. The maximum atomic E-state index is 12.5. The van der Waals surface area contributed by atoms with E-state index in [0.29, 0.717) is 5.03 Å². The van der Waals surface area contributed by atoms with E-state index in [2.05, 4.69) is 0 Å². The average Bonchev–Trinajstić information content (AvgIpc) is 3.04. The third-order valence-electron chi connectivity index (χ3n) is 4.55.